The van der Waals surface area contributed by atoms with E-state index in [4.69, 9.17) is 23.7 Å². The largest absolute Gasteiger partial charge is 0.493 e. The van der Waals surface area contributed by atoms with E-state index in [2.05, 4.69) is 0 Å². The molecule has 1 aromatic carbocycles. The maximum Gasteiger partial charge on any atom is 0.337 e. The summed E-state index contributed by atoms with van der Waals surface area (Å²) in [6, 6.07) is 4.97. The molecule has 7 nitrogen and oxygen atoms in total. The molecule has 0 aromatic heterocycles. The normalized spacial score (nSPS) is 9.95. The molecule has 0 spiro atoms. The van der Waals surface area contributed by atoms with Crippen molar-refractivity contribution < 1.29 is 33.3 Å². The Balaban J connectivity index is 2.50. The number of rotatable bonds is 9. The van der Waals surface area contributed by atoms with Crippen molar-refractivity contribution >= 4 is 11.9 Å². The van der Waals surface area contributed by atoms with Crippen LogP contribution in [0.3, 0.4) is 0 Å². The summed E-state index contributed by atoms with van der Waals surface area (Å²) in [6.45, 7) is 1.51. The lowest BCUT2D eigenvalue weighted by molar-refractivity contribution is -0.152. The first-order valence-electron chi connectivity index (χ1n) is 6.77. The Kier molecular flexibility index (Phi) is 7.77. The van der Waals surface area contributed by atoms with Gasteiger partial charge in [0.25, 0.3) is 0 Å². The van der Waals surface area contributed by atoms with Gasteiger partial charge in [-0.05, 0) is 18.6 Å². The highest BCUT2D eigenvalue weighted by Gasteiger charge is 2.16. The van der Waals surface area contributed by atoms with E-state index >= 15 is 0 Å². The number of para-hydroxylation sites is 1. The lowest BCUT2D eigenvalue weighted by atomic mass is 10.3. The molecule has 0 bridgehead atoms. The molecule has 0 heterocycles. The molecule has 122 valence electrons. The monoisotopic (exact) mass is 312 g/mol. The minimum atomic E-state index is -0.675. The van der Waals surface area contributed by atoms with Crippen molar-refractivity contribution in [3.8, 4) is 17.2 Å². The first kappa shape index (κ1) is 17.8. The fraction of sp³-hybridized carbons (Fsp3) is 0.467. The molecule has 0 fully saturated rings. The molecule has 0 N–H and O–H groups in total. The molecule has 0 radical (unpaired) electrons. The Hall–Kier alpha value is -2.28. The van der Waals surface area contributed by atoms with Gasteiger partial charge >= 0.3 is 11.9 Å². The smallest absolute Gasteiger partial charge is 0.337 e. The average Bonchev–Trinajstić information content (AvgIpc) is 2.53. The molecule has 0 aliphatic heterocycles. The van der Waals surface area contributed by atoms with Crippen molar-refractivity contribution in [3.63, 3.8) is 0 Å². The fourth-order valence-electron chi connectivity index (χ4n) is 1.54. The summed E-state index contributed by atoms with van der Waals surface area (Å²) >= 11 is 0. The molecule has 0 saturated heterocycles. The van der Waals surface area contributed by atoms with Gasteiger partial charge in [-0.15, -0.1) is 0 Å². The third-order valence-corrected chi connectivity index (χ3v) is 2.51. The van der Waals surface area contributed by atoms with Crippen molar-refractivity contribution in [2.24, 2.45) is 0 Å². The summed E-state index contributed by atoms with van der Waals surface area (Å²) in [4.78, 5) is 22.9. The number of ether oxygens (including phenoxy) is 5. The number of benzene rings is 1. The molecule has 0 aliphatic rings. The van der Waals surface area contributed by atoms with Gasteiger partial charge < -0.3 is 23.7 Å². The van der Waals surface area contributed by atoms with Crippen LogP contribution in [0.4, 0.5) is 0 Å². The van der Waals surface area contributed by atoms with Gasteiger partial charge in [-0.2, -0.15) is 0 Å². The van der Waals surface area contributed by atoms with Crippen LogP contribution in [0.15, 0.2) is 18.2 Å². The van der Waals surface area contributed by atoms with Crippen molar-refractivity contribution in [1.29, 1.82) is 0 Å². The topological polar surface area (TPSA) is 80.3 Å². The van der Waals surface area contributed by atoms with E-state index in [0.717, 1.165) is 6.42 Å². The Labute approximate surface area is 129 Å². The van der Waals surface area contributed by atoms with Crippen LogP contribution in [0.5, 0.6) is 17.2 Å². The van der Waals surface area contributed by atoms with E-state index in [-0.39, 0.29) is 19.0 Å². The predicted octanol–water partition coefficient (Wildman–Crippen LogP) is 1.58. The Morgan fingerprint density at radius 3 is 2.14 bits per heavy atom. The summed E-state index contributed by atoms with van der Waals surface area (Å²) in [6.07, 6.45) is 0.724. The highest BCUT2D eigenvalue weighted by Crippen LogP contribution is 2.36. The third-order valence-electron chi connectivity index (χ3n) is 2.51. The molecular formula is C15H20O7. The van der Waals surface area contributed by atoms with Crippen LogP contribution < -0.4 is 14.2 Å². The zero-order chi connectivity index (χ0) is 16.4. The number of carbonyl (C=O) groups is 2. The molecule has 22 heavy (non-hydrogen) atoms. The summed E-state index contributed by atoms with van der Waals surface area (Å²) in [7, 11) is 2.90. The highest BCUT2D eigenvalue weighted by atomic mass is 16.6. The fourth-order valence-corrected chi connectivity index (χ4v) is 1.54. The van der Waals surface area contributed by atoms with Crippen molar-refractivity contribution in [2.75, 3.05) is 34.0 Å². The van der Waals surface area contributed by atoms with Gasteiger partial charge in [0.1, 0.15) is 13.2 Å². The van der Waals surface area contributed by atoms with Gasteiger partial charge in [0, 0.05) is 0 Å². The molecule has 0 amide bonds. The maximum atomic E-state index is 11.7. The van der Waals surface area contributed by atoms with Gasteiger partial charge in [0.2, 0.25) is 5.75 Å². The molecule has 1 aromatic rings. The maximum absolute atomic E-state index is 11.7. The van der Waals surface area contributed by atoms with Crippen molar-refractivity contribution in [1.82, 2.24) is 0 Å². The van der Waals surface area contributed by atoms with Crippen LogP contribution in [0.25, 0.3) is 0 Å². The summed E-state index contributed by atoms with van der Waals surface area (Å²) < 4.78 is 25.1. The second kappa shape index (κ2) is 9.62. The molecular weight excluding hydrogens is 292 g/mol. The van der Waals surface area contributed by atoms with Gasteiger partial charge in [0.15, 0.2) is 11.5 Å². The van der Waals surface area contributed by atoms with Crippen molar-refractivity contribution in [2.45, 2.75) is 13.3 Å². The van der Waals surface area contributed by atoms with E-state index in [1.165, 1.54) is 14.2 Å². The van der Waals surface area contributed by atoms with Crippen LogP contribution in [0, 0.1) is 0 Å². The number of carbonyl (C=O) groups excluding carboxylic acids is 2. The van der Waals surface area contributed by atoms with Gasteiger partial charge in [-0.1, -0.05) is 13.0 Å². The van der Waals surface area contributed by atoms with Crippen molar-refractivity contribution in [3.05, 3.63) is 18.2 Å². The Morgan fingerprint density at radius 2 is 1.59 bits per heavy atom. The number of hydrogen-bond donors (Lipinski definition) is 0. The summed E-state index contributed by atoms with van der Waals surface area (Å²) in [5.74, 6) is -0.324. The average molecular weight is 312 g/mol. The highest BCUT2D eigenvalue weighted by molar-refractivity contribution is 5.76. The zero-order valence-electron chi connectivity index (χ0n) is 12.9. The van der Waals surface area contributed by atoms with E-state index in [1.807, 2.05) is 6.92 Å². The van der Waals surface area contributed by atoms with Crippen LogP contribution in [0.1, 0.15) is 13.3 Å². The number of hydrogen-bond acceptors (Lipinski definition) is 7. The standard InChI is InChI=1S/C15H20O7/c1-4-8-21-13(16)9-20-10-14(17)22-15-11(18-2)6-5-7-12(15)19-3/h5-7H,4,8-10H2,1-3H3. The molecule has 0 unspecified atom stereocenters. The first-order valence-corrected chi connectivity index (χ1v) is 6.77. The first-order chi connectivity index (χ1) is 10.6. The van der Waals surface area contributed by atoms with Gasteiger partial charge in [-0.3, -0.25) is 0 Å². The summed E-state index contributed by atoms with van der Waals surface area (Å²) in [5.41, 5.74) is 0. The number of methoxy groups -OCH3 is 2. The summed E-state index contributed by atoms with van der Waals surface area (Å²) in [5, 5.41) is 0. The minimum Gasteiger partial charge on any atom is -0.493 e. The lowest BCUT2D eigenvalue weighted by Gasteiger charge is -2.12. The van der Waals surface area contributed by atoms with E-state index in [0.29, 0.717) is 18.1 Å². The van der Waals surface area contributed by atoms with Crippen LogP contribution in [0.2, 0.25) is 0 Å². The van der Waals surface area contributed by atoms with Crippen LogP contribution >= 0.6 is 0 Å². The molecule has 0 aliphatic carbocycles. The number of esters is 2. The van der Waals surface area contributed by atoms with E-state index in [1.54, 1.807) is 18.2 Å². The van der Waals surface area contributed by atoms with E-state index < -0.39 is 11.9 Å². The lowest BCUT2D eigenvalue weighted by Crippen LogP contribution is -2.20. The quantitative estimate of drug-likeness (QED) is 0.506. The predicted molar refractivity (Wildman–Crippen MR) is 77.3 cm³/mol. The molecule has 7 heteroatoms. The molecule has 1 rings (SSSR count). The van der Waals surface area contributed by atoms with Crippen LogP contribution in [-0.2, 0) is 19.1 Å². The second-order valence-corrected chi connectivity index (χ2v) is 4.18. The second-order valence-electron chi connectivity index (χ2n) is 4.18. The van der Waals surface area contributed by atoms with Gasteiger partial charge in [-0.25, -0.2) is 9.59 Å². The van der Waals surface area contributed by atoms with Crippen LogP contribution in [-0.4, -0.2) is 46.0 Å². The SMILES string of the molecule is CCCOC(=O)COCC(=O)Oc1c(OC)cccc1OC. The molecule has 0 saturated carbocycles. The third kappa shape index (κ3) is 5.61. The zero-order valence-corrected chi connectivity index (χ0v) is 12.9. The Bertz CT molecular complexity index is 476. The minimum absolute atomic E-state index is 0.162. The van der Waals surface area contributed by atoms with Gasteiger partial charge in [0.05, 0.1) is 20.8 Å². The molecule has 0 atom stereocenters. The van der Waals surface area contributed by atoms with E-state index in [9.17, 15) is 9.59 Å². The Morgan fingerprint density at radius 1 is 1.00 bits per heavy atom.